The Labute approximate surface area is 244 Å². The van der Waals surface area contributed by atoms with Gasteiger partial charge >= 0.3 is 0 Å². The fraction of sp³-hybridized carbons (Fsp3) is 0.400. The lowest BCUT2D eigenvalue weighted by Gasteiger charge is -2.26. The van der Waals surface area contributed by atoms with Crippen LogP contribution in [0, 0.1) is 0 Å². The number of primary amides is 1. The number of nitrogens with two attached hydrogens (primary N) is 1. The molecule has 1 heterocycles. The first-order valence-electron chi connectivity index (χ1n) is 13.6. The third kappa shape index (κ3) is 9.60. The number of phenols is 1. The minimum atomic E-state index is -1.33. The number of aromatic hydroxyl groups is 1. The Hall–Kier alpha value is -4.42. The van der Waals surface area contributed by atoms with Gasteiger partial charge in [0.1, 0.15) is 23.9 Å². The zero-order chi connectivity index (χ0) is 30.9. The monoisotopic (exact) mass is 581 g/mol. The first kappa shape index (κ1) is 32.1. The van der Waals surface area contributed by atoms with E-state index < -0.39 is 54.0 Å². The highest BCUT2D eigenvalue weighted by atomic mass is 16.5. The molecule has 3 aromatic rings. The summed E-state index contributed by atoms with van der Waals surface area (Å²) in [6.07, 6.45) is 2.28. The minimum absolute atomic E-state index is 0.0177. The van der Waals surface area contributed by atoms with Crippen LogP contribution in [0.5, 0.6) is 5.75 Å². The molecule has 12 heteroatoms. The lowest BCUT2D eigenvalue weighted by molar-refractivity contribution is -0.135. The van der Waals surface area contributed by atoms with Gasteiger partial charge in [-0.2, -0.15) is 0 Å². The molecule has 0 saturated carbocycles. The van der Waals surface area contributed by atoms with Crippen LogP contribution < -0.4 is 21.7 Å². The van der Waals surface area contributed by atoms with Crippen LogP contribution in [0.15, 0.2) is 54.7 Å². The Morgan fingerprint density at radius 1 is 0.929 bits per heavy atom. The lowest BCUT2D eigenvalue weighted by atomic mass is 10.0. The highest BCUT2D eigenvalue weighted by Gasteiger charge is 2.30. The van der Waals surface area contributed by atoms with Crippen LogP contribution in [0.3, 0.4) is 0 Å². The number of benzene rings is 2. The third-order valence-corrected chi connectivity index (χ3v) is 6.48. The average molecular weight is 582 g/mol. The van der Waals surface area contributed by atoms with Crippen molar-refractivity contribution in [3.05, 3.63) is 65.9 Å². The number of amides is 4. The molecule has 0 spiro atoms. The number of aromatic nitrogens is 1. The van der Waals surface area contributed by atoms with E-state index in [1.165, 1.54) is 12.1 Å². The second-order valence-corrected chi connectivity index (χ2v) is 11.0. The quantitative estimate of drug-likeness (QED) is 0.146. The van der Waals surface area contributed by atoms with Crippen LogP contribution in [-0.2, 0) is 36.8 Å². The maximum absolute atomic E-state index is 13.3. The van der Waals surface area contributed by atoms with Crippen molar-refractivity contribution in [2.24, 2.45) is 5.73 Å². The highest BCUT2D eigenvalue weighted by molar-refractivity contribution is 5.94. The number of H-pyrrole nitrogens is 1. The predicted octanol–water partition coefficient (Wildman–Crippen LogP) is 0.796. The number of aryl methyl sites for hydroxylation is 1. The molecular formula is C30H39N5O7. The fourth-order valence-electron chi connectivity index (χ4n) is 4.20. The summed E-state index contributed by atoms with van der Waals surface area (Å²) < 4.78 is 5.61. The number of hydrogen-bond acceptors (Lipinski definition) is 7. The number of phenolic OH excluding ortho intramolecular Hbond substituents is 1. The normalized spacial score (nSPS) is 13.6. The molecule has 0 aliphatic heterocycles. The predicted molar refractivity (Wildman–Crippen MR) is 156 cm³/mol. The number of nitrogens with one attached hydrogen (secondary N) is 4. The molecule has 2 aromatic carbocycles. The molecule has 0 saturated heterocycles. The maximum Gasteiger partial charge on any atom is 0.245 e. The van der Waals surface area contributed by atoms with Crippen molar-refractivity contribution in [3.63, 3.8) is 0 Å². The Balaban J connectivity index is 1.68. The van der Waals surface area contributed by atoms with Crippen LogP contribution >= 0.6 is 0 Å². The summed E-state index contributed by atoms with van der Waals surface area (Å²) in [5.74, 6) is -2.77. The van der Waals surface area contributed by atoms with E-state index >= 15 is 0 Å². The Bertz CT molecular complexity index is 1380. The van der Waals surface area contributed by atoms with Crippen molar-refractivity contribution in [3.8, 4) is 5.75 Å². The van der Waals surface area contributed by atoms with E-state index in [1.807, 2.05) is 30.5 Å². The number of aliphatic hydroxyl groups is 1. The Morgan fingerprint density at radius 3 is 2.21 bits per heavy atom. The van der Waals surface area contributed by atoms with Crippen molar-refractivity contribution in [1.29, 1.82) is 0 Å². The van der Waals surface area contributed by atoms with Crippen LogP contribution in [0.4, 0.5) is 0 Å². The number of carbonyl (C=O) groups is 4. The second-order valence-electron chi connectivity index (χ2n) is 11.0. The first-order valence-corrected chi connectivity index (χ1v) is 13.6. The van der Waals surface area contributed by atoms with Gasteiger partial charge in [0.25, 0.3) is 0 Å². The number of carbonyl (C=O) groups excluding carboxylic acids is 4. The molecule has 1 aromatic heterocycles. The highest BCUT2D eigenvalue weighted by Crippen LogP contribution is 2.19. The molecule has 3 atom stereocenters. The number of aromatic amines is 1. The largest absolute Gasteiger partial charge is 0.508 e. The van der Waals surface area contributed by atoms with Crippen molar-refractivity contribution < 1.29 is 34.1 Å². The van der Waals surface area contributed by atoms with Gasteiger partial charge < -0.3 is 41.6 Å². The van der Waals surface area contributed by atoms with Crippen molar-refractivity contribution in [2.45, 2.75) is 63.8 Å². The first-order chi connectivity index (χ1) is 19.9. The fourth-order valence-corrected chi connectivity index (χ4v) is 4.20. The summed E-state index contributed by atoms with van der Waals surface area (Å²) in [6.45, 7) is 4.46. The molecule has 8 N–H and O–H groups in total. The summed E-state index contributed by atoms with van der Waals surface area (Å²) in [4.78, 5) is 54.2. The topological polar surface area (TPSA) is 196 Å². The summed E-state index contributed by atoms with van der Waals surface area (Å²) in [5.41, 5.74) is 7.36. The van der Waals surface area contributed by atoms with E-state index in [4.69, 9.17) is 10.5 Å². The van der Waals surface area contributed by atoms with Gasteiger partial charge in [0.2, 0.25) is 23.6 Å². The molecule has 226 valence electrons. The molecule has 0 unspecified atom stereocenters. The van der Waals surface area contributed by atoms with Gasteiger partial charge in [0.15, 0.2) is 0 Å². The van der Waals surface area contributed by atoms with Crippen molar-refractivity contribution in [1.82, 2.24) is 20.9 Å². The molecular weight excluding hydrogens is 542 g/mol. The van der Waals surface area contributed by atoms with E-state index in [-0.39, 0.29) is 25.2 Å². The second kappa shape index (κ2) is 14.5. The molecule has 3 rings (SSSR count). The standard InChI is InChI=1S/C30H39N5O7/c1-30(2,3)42-17-25(27(31)39)35-28(40)23(14-18-8-11-20(37)12-9-18)34-29(41)24(16-36)33-26(38)13-10-19-15-32-22-7-5-4-6-21(19)22/h4-9,11-12,15,23-25,32,36-37H,10,13-14,16-17H2,1-3H3,(H2,31,39)(H,33,38)(H,34,41)(H,35,40)/t23-,24-,25+/m0/s1. The van der Waals surface area contributed by atoms with Gasteiger partial charge in [-0.25, -0.2) is 0 Å². The molecule has 0 fully saturated rings. The summed E-state index contributed by atoms with van der Waals surface area (Å²) >= 11 is 0. The van der Waals surface area contributed by atoms with Crippen LogP contribution in [-0.4, -0.2) is 75.8 Å². The summed E-state index contributed by atoms with van der Waals surface area (Å²) in [5, 5.41) is 28.1. The van der Waals surface area contributed by atoms with Crippen molar-refractivity contribution in [2.75, 3.05) is 13.2 Å². The van der Waals surface area contributed by atoms with Crippen LogP contribution in [0.1, 0.15) is 38.3 Å². The maximum atomic E-state index is 13.3. The van der Waals surface area contributed by atoms with Crippen LogP contribution in [0.25, 0.3) is 10.9 Å². The number of rotatable bonds is 14. The van der Waals surface area contributed by atoms with E-state index in [0.29, 0.717) is 12.0 Å². The molecule has 12 nitrogen and oxygen atoms in total. The zero-order valence-corrected chi connectivity index (χ0v) is 24.0. The molecule has 0 aliphatic carbocycles. The SMILES string of the molecule is CC(C)(C)OC[C@@H](NC(=O)[C@H](Cc1ccc(O)cc1)NC(=O)[C@H](CO)NC(=O)CCc1c[nH]c2ccccc12)C(N)=O. The van der Waals surface area contributed by atoms with Gasteiger partial charge in [0.05, 0.1) is 18.8 Å². The average Bonchev–Trinajstić information content (AvgIpc) is 3.35. The van der Waals surface area contributed by atoms with E-state index in [0.717, 1.165) is 16.5 Å². The Morgan fingerprint density at radius 2 is 1.57 bits per heavy atom. The molecule has 0 aliphatic rings. The third-order valence-electron chi connectivity index (χ3n) is 6.48. The minimum Gasteiger partial charge on any atom is -0.508 e. The molecule has 42 heavy (non-hydrogen) atoms. The smallest absolute Gasteiger partial charge is 0.245 e. The van der Waals surface area contributed by atoms with Gasteiger partial charge in [-0.1, -0.05) is 30.3 Å². The van der Waals surface area contributed by atoms with Gasteiger partial charge in [-0.15, -0.1) is 0 Å². The number of hydrogen-bond donors (Lipinski definition) is 7. The van der Waals surface area contributed by atoms with E-state index in [9.17, 15) is 29.4 Å². The van der Waals surface area contributed by atoms with Gasteiger partial charge in [-0.05, 0) is 56.5 Å². The summed E-state index contributed by atoms with van der Waals surface area (Å²) in [7, 11) is 0. The molecule has 0 bridgehead atoms. The zero-order valence-electron chi connectivity index (χ0n) is 24.0. The number of ether oxygens (including phenoxy) is 1. The Kier molecular flexibility index (Phi) is 11.1. The molecule has 0 radical (unpaired) electrons. The number of para-hydroxylation sites is 1. The van der Waals surface area contributed by atoms with Crippen LogP contribution in [0.2, 0.25) is 0 Å². The number of aliphatic hydroxyl groups excluding tert-OH is 1. The number of fused-ring (bicyclic) bond motifs is 1. The van der Waals surface area contributed by atoms with E-state index in [2.05, 4.69) is 20.9 Å². The lowest BCUT2D eigenvalue weighted by Crippen LogP contribution is -2.58. The van der Waals surface area contributed by atoms with E-state index in [1.54, 1.807) is 32.9 Å². The summed E-state index contributed by atoms with van der Waals surface area (Å²) in [6, 6.07) is 9.98. The van der Waals surface area contributed by atoms with Gasteiger partial charge in [-0.3, -0.25) is 19.2 Å². The molecule has 4 amide bonds. The van der Waals surface area contributed by atoms with Gasteiger partial charge in [0, 0.05) is 29.9 Å². The van der Waals surface area contributed by atoms with Crippen molar-refractivity contribution >= 4 is 34.5 Å².